The molecule has 3 aromatic rings. The predicted octanol–water partition coefficient (Wildman–Crippen LogP) is 7.42. The molecule has 3 nitrogen and oxygen atoms in total. The quantitative estimate of drug-likeness (QED) is 0.251. The fourth-order valence-electron chi connectivity index (χ4n) is 3.20. The summed E-state index contributed by atoms with van der Waals surface area (Å²) in [7, 11) is 0. The van der Waals surface area contributed by atoms with Crippen LogP contribution in [0.2, 0.25) is 10.0 Å². The van der Waals surface area contributed by atoms with Crippen LogP contribution in [0.3, 0.4) is 0 Å². The second-order valence-corrected chi connectivity index (χ2v) is 9.97. The minimum Gasteiger partial charge on any atom is -0.486 e. The van der Waals surface area contributed by atoms with Crippen molar-refractivity contribution in [3.63, 3.8) is 0 Å². The van der Waals surface area contributed by atoms with Crippen LogP contribution in [0.15, 0.2) is 65.6 Å². The largest absolute Gasteiger partial charge is 0.486 e. The summed E-state index contributed by atoms with van der Waals surface area (Å²) in [6, 6.07) is 17.3. The first-order valence-electron chi connectivity index (χ1n) is 9.97. The number of ether oxygens (including phenoxy) is 1. The maximum Gasteiger partial charge on any atom is 0.266 e. The van der Waals surface area contributed by atoms with Crippen LogP contribution >= 0.6 is 47.2 Å². The van der Waals surface area contributed by atoms with Gasteiger partial charge in [-0.3, -0.25) is 9.69 Å². The first kappa shape index (κ1) is 23.8. The molecule has 1 amide bonds. The highest BCUT2D eigenvalue weighted by atomic mass is 35.5. The molecule has 0 aromatic heterocycles. The normalized spacial score (nSPS) is 14.9. The summed E-state index contributed by atoms with van der Waals surface area (Å²) in [5, 5.41) is 0.622. The van der Waals surface area contributed by atoms with Crippen molar-refractivity contribution in [3.05, 3.63) is 104 Å². The Morgan fingerprint density at radius 3 is 2.27 bits per heavy atom. The number of halogens is 3. The van der Waals surface area contributed by atoms with E-state index in [1.807, 2.05) is 31.2 Å². The van der Waals surface area contributed by atoms with E-state index in [4.69, 9.17) is 40.2 Å². The summed E-state index contributed by atoms with van der Waals surface area (Å²) >= 11 is 19.5. The smallest absolute Gasteiger partial charge is 0.266 e. The molecule has 0 saturated carbocycles. The Hall–Kier alpha value is -2.38. The Morgan fingerprint density at radius 1 is 1.03 bits per heavy atom. The number of thiocarbonyl (C=S) groups is 1. The van der Waals surface area contributed by atoms with Crippen LogP contribution in [0.1, 0.15) is 22.3 Å². The van der Waals surface area contributed by atoms with Gasteiger partial charge in [0.2, 0.25) is 0 Å². The van der Waals surface area contributed by atoms with Crippen LogP contribution in [0.4, 0.5) is 4.39 Å². The van der Waals surface area contributed by atoms with Gasteiger partial charge in [0.15, 0.2) is 5.75 Å². The number of nitrogens with zero attached hydrogens (tertiary/aromatic N) is 1. The SMILES string of the molecule is Cc1ccc(CN2C(=O)/C(=C/c3cc(Cl)c(OCc4ccc(F)cc4)c(Cl)c3)SC2=S)cc1. The van der Waals surface area contributed by atoms with E-state index in [9.17, 15) is 9.18 Å². The highest BCUT2D eigenvalue weighted by Gasteiger charge is 2.32. The summed E-state index contributed by atoms with van der Waals surface area (Å²) in [5.74, 6) is -0.148. The Balaban J connectivity index is 1.49. The molecular formula is C25H18Cl2FNO2S2. The maximum atomic E-state index is 13.1. The molecule has 0 bridgehead atoms. The number of hydrogen-bond acceptors (Lipinski definition) is 4. The van der Waals surface area contributed by atoms with Crippen LogP contribution in [0.5, 0.6) is 5.75 Å². The summed E-state index contributed by atoms with van der Waals surface area (Å²) in [6.45, 7) is 2.62. The molecule has 0 aliphatic carbocycles. The molecule has 1 aliphatic heterocycles. The molecule has 0 unspecified atom stereocenters. The van der Waals surface area contributed by atoms with Gasteiger partial charge in [-0.2, -0.15) is 0 Å². The zero-order valence-corrected chi connectivity index (χ0v) is 20.6. The maximum absolute atomic E-state index is 13.1. The average Bonchev–Trinajstić information content (AvgIpc) is 3.03. The molecule has 0 spiro atoms. The number of benzene rings is 3. The van der Waals surface area contributed by atoms with E-state index >= 15 is 0 Å². The minimum atomic E-state index is -0.316. The molecular weight excluding hydrogens is 500 g/mol. The van der Waals surface area contributed by atoms with Crippen LogP contribution < -0.4 is 4.74 Å². The first-order chi connectivity index (χ1) is 15.8. The van der Waals surface area contributed by atoms with Crippen molar-refractivity contribution >= 4 is 63.5 Å². The lowest BCUT2D eigenvalue weighted by Gasteiger charge is -2.14. The second-order valence-electron chi connectivity index (χ2n) is 7.48. The summed E-state index contributed by atoms with van der Waals surface area (Å²) in [6.07, 6.45) is 1.72. The van der Waals surface area contributed by atoms with E-state index in [1.165, 1.54) is 23.9 Å². The standard InChI is InChI=1S/C25H18Cl2FNO2S2/c1-15-2-4-16(5-3-15)13-29-24(30)22(33-25(29)32)12-18-10-20(26)23(21(27)11-18)31-14-17-6-8-19(28)9-7-17/h2-12H,13-14H2,1H3/b22-12-. The first-order valence-corrected chi connectivity index (χ1v) is 12.0. The van der Waals surface area contributed by atoms with E-state index in [0.717, 1.165) is 16.7 Å². The van der Waals surface area contributed by atoms with E-state index in [0.29, 0.717) is 37.1 Å². The second kappa shape index (κ2) is 10.3. The van der Waals surface area contributed by atoms with Crippen LogP contribution in [-0.2, 0) is 17.9 Å². The molecule has 1 heterocycles. The number of thioether (sulfide) groups is 1. The summed E-state index contributed by atoms with van der Waals surface area (Å²) in [5.41, 5.74) is 3.61. The van der Waals surface area contributed by atoms with E-state index in [1.54, 1.807) is 35.2 Å². The van der Waals surface area contributed by atoms with Gasteiger partial charge >= 0.3 is 0 Å². The van der Waals surface area contributed by atoms with Crippen molar-refractivity contribution in [1.29, 1.82) is 0 Å². The number of hydrogen-bond donors (Lipinski definition) is 0. The summed E-state index contributed by atoms with van der Waals surface area (Å²) in [4.78, 5) is 15.0. The molecule has 168 valence electrons. The zero-order valence-electron chi connectivity index (χ0n) is 17.5. The van der Waals surface area contributed by atoms with Crippen LogP contribution in [0.25, 0.3) is 6.08 Å². The third-order valence-electron chi connectivity index (χ3n) is 4.95. The van der Waals surface area contributed by atoms with Gasteiger partial charge in [-0.15, -0.1) is 0 Å². The van der Waals surface area contributed by atoms with Gasteiger partial charge < -0.3 is 4.74 Å². The average molecular weight is 518 g/mol. The fourth-order valence-corrected chi connectivity index (χ4v) is 5.07. The Labute approximate surface area is 211 Å². The number of rotatable bonds is 6. The van der Waals surface area contributed by atoms with Crippen molar-refractivity contribution < 1.29 is 13.9 Å². The van der Waals surface area contributed by atoms with E-state index in [-0.39, 0.29) is 18.3 Å². The zero-order chi connectivity index (χ0) is 23.5. The fraction of sp³-hybridized carbons (Fsp3) is 0.120. The molecule has 0 atom stereocenters. The number of aryl methyl sites for hydroxylation is 1. The Morgan fingerprint density at radius 2 is 1.64 bits per heavy atom. The van der Waals surface area contributed by atoms with Gasteiger partial charge in [-0.25, -0.2) is 4.39 Å². The molecule has 0 N–H and O–H groups in total. The predicted molar refractivity (Wildman–Crippen MR) is 137 cm³/mol. The van der Waals surface area contributed by atoms with Gasteiger partial charge in [-0.05, 0) is 54.0 Å². The lowest BCUT2D eigenvalue weighted by Crippen LogP contribution is -2.27. The monoisotopic (exact) mass is 517 g/mol. The van der Waals surface area contributed by atoms with Gasteiger partial charge in [-0.1, -0.05) is 89.1 Å². The Kier molecular flexibility index (Phi) is 7.39. The van der Waals surface area contributed by atoms with Gasteiger partial charge in [0.1, 0.15) is 16.7 Å². The third-order valence-corrected chi connectivity index (χ3v) is 6.89. The number of carbonyl (C=O) groups is 1. The molecule has 1 saturated heterocycles. The Bertz CT molecular complexity index is 1220. The van der Waals surface area contributed by atoms with Crippen LogP contribution in [-0.4, -0.2) is 15.1 Å². The van der Waals surface area contributed by atoms with E-state index in [2.05, 4.69) is 0 Å². The van der Waals surface area contributed by atoms with Crippen molar-refractivity contribution in [2.45, 2.75) is 20.1 Å². The molecule has 3 aromatic carbocycles. The van der Waals surface area contributed by atoms with Gasteiger partial charge in [0, 0.05) is 0 Å². The molecule has 0 radical (unpaired) electrons. The molecule has 4 rings (SSSR count). The minimum absolute atomic E-state index is 0.158. The van der Waals surface area contributed by atoms with E-state index < -0.39 is 0 Å². The topological polar surface area (TPSA) is 29.5 Å². The molecule has 1 fully saturated rings. The highest BCUT2D eigenvalue weighted by molar-refractivity contribution is 8.26. The van der Waals surface area contributed by atoms with Crippen molar-refractivity contribution in [2.24, 2.45) is 0 Å². The summed E-state index contributed by atoms with van der Waals surface area (Å²) < 4.78 is 19.3. The van der Waals surface area contributed by atoms with Crippen molar-refractivity contribution in [2.75, 3.05) is 0 Å². The third kappa shape index (κ3) is 5.76. The molecule has 33 heavy (non-hydrogen) atoms. The highest BCUT2D eigenvalue weighted by Crippen LogP contribution is 2.38. The lowest BCUT2D eigenvalue weighted by atomic mass is 10.1. The molecule has 8 heteroatoms. The molecule has 1 aliphatic rings. The number of carbonyl (C=O) groups excluding carboxylic acids is 1. The van der Waals surface area contributed by atoms with Crippen molar-refractivity contribution in [3.8, 4) is 5.75 Å². The lowest BCUT2D eigenvalue weighted by molar-refractivity contribution is -0.122. The van der Waals surface area contributed by atoms with Gasteiger partial charge in [0.25, 0.3) is 5.91 Å². The van der Waals surface area contributed by atoms with Crippen molar-refractivity contribution in [1.82, 2.24) is 4.90 Å². The van der Waals surface area contributed by atoms with Gasteiger partial charge in [0.05, 0.1) is 21.5 Å². The number of amides is 1. The van der Waals surface area contributed by atoms with Crippen LogP contribution in [0, 0.1) is 12.7 Å².